The maximum absolute atomic E-state index is 5.90. The van der Waals surface area contributed by atoms with Crippen molar-refractivity contribution < 1.29 is 9.47 Å². The first-order valence-electron chi connectivity index (χ1n) is 7.82. The van der Waals surface area contributed by atoms with Gasteiger partial charge < -0.3 is 9.47 Å². The molecule has 0 bridgehead atoms. The van der Waals surface area contributed by atoms with Crippen molar-refractivity contribution in [3.63, 3.8) is 0 Å². The van der Waals surface area contributed by atoms with Crippen molar-refractivity contribution in [1.29, 1.82) is 0 Å². The minimum absolute atomic E-state index is 0.538. The molecule has 0 radical (unpaired) electrons. The summed E-state index contributed by atoms with van der Waals surface area (Å²) < 4.78 is 11.6. The highest BCUT2D eigenvalue weighted by Crippen LogP contribution is 2.29. The second kappa shape index (κ2) is 8.16. The predicted molar refractivity (Wildman–Crippen MR) is 93.5 cm³/mol. The molecule has 0 heterocycles. The maximum atomic E-state index is 5.90. The third-order valence-electron chi connectivity index (χ3n) is 3.57. The van der Waals surface area contributed by atoms with Crippen LogP contribution in [0.5, 0.6) is 5.75 Å². The fraction of sp³-hybridized carbons (Fsp3) is 0.143. The molecular formula is C21H20O2. The first kappa shape index (κ1) is 15.3. The number of ether oxygens (including phenoxy) is 2. The molecule has 0 unspecified atom stereocenters. The van der Waals surface area contributed by atoms with Gasteiger partial charge in [-0.2, -0.15) is 0 Å². The van der Waals surface area contributed by atoms with Gasteiger partial charge in [0.05, 0.1) is 13.2 Å². The molecule has 0 saturated heterocycles. The van der Waals surface area contributed by atoms with E-state index in [0.717, 1.165) is 16.9 Å². The summed E-state index contributed by atoms with van der Waals surface area (Å²) >= 11 is 0. The van der Waals surface area contributed by atoms with Gasteiger partial charge in [0.2, 0.25) is 0 Å². The standard InChI is InChI=1S/C21H20O2/c1-3-9-18(10-4-1)17-22-15-16-23-21-14-8-7-13-20(21)19-11-5-2-6-12-19/h1-14H,15-17H2. The van der Waals surface area contributed by atoms with Gasteiger partial charge in [0.15, 0.2) is 0 Å². The molecule has 3 rings (SSSR count). The summed E-state index contributed by atoms with van der Waals surface area (Å²) in [6.45, 7) is 1.72. The van der Waals surface area contributed by atoms with Gasteiger partial charge in [0.25, 0.3) is 0 Å². The van der Waals surface area contributed by atoms with E-state index in [0.29, 0.717) is 19.8 Å². The van der Waals surface area contributed by atoms with E-state index in [1.807, 2.05) is 54.6 Å². The quantitative estimate of drug-likeness (QED) is 0.575. The molecule has 0 saturated carbocycles. The Hall–Kier alpha value is -2.58. The fourth-order valence-corrected chi connectivity index (χ4v) is 2.42. The zero-order valence-corrected chi connectivity index (χ0v) is 13.0. The van der Waals surface area contributed by atoms with E-state index in [2.05, 4.69) is 30.3 Å². The molecule has 116 valence electrons. The van der Waals surface area contributed by atoms with Gasteiger partial charge in [-0.1, -0.05) is 78.9 Å². The van der Waals surface area contributed by atoms with E-state index < -0.39 is 0 Å². The lowest BCUT2D eigenvalue weighted by molar-refractivity contribution is 0.0891. The predicted octanol–water partition coefficient (Wildman–Crippen LogP) is 4.95. The van der Waals surface area contributed by atoms with Crippen LogP contribution in [-0.2, 0) is 11.3 Å². The highest BCUT2D eigenvalue weighted by molar-refractivity contribution is 5.70. The number of hydrogen-bond acceptors (Lipinski definition) is 2. The van der Waals surface area contributed by atoms with Gasteiger partial charge in [0, 0.05) is 5.56 Å². The summed E-state index contributed by atoms with van der Waals surface area (Å²) in [6.07, 6.45) is 0. The van der Waals surface area contributed by atoms with Crippen molar-refractivity contribution in [1.82, 2.24) is 0 Å². The number of hydrogen-bond donors (Lipinski definition) is 0. The summed E-state index contributed by atoms with van der Waals surface area (Å²) in [5, 5.41) is 0. The van der Waals surface area contributed by atoms with E-state index in [1.165, 1.54) is 5.56 Å². The molecule has 3 aromatic carbocycles. The molecule has 0 aliphatic heterocycles. The zero-order chi connectivity index (χ0) is 15.7. The lowest BCUT2D eigenvalue weighted by atomic mass is 10.1. The Morgan fingerprint density at radius 1 is 0.609 bits per heavy atom. The average Bonchev–Trinajstić information content (AvgIpc) is 2.63. The maximum Gasteiger partial charge on any atom is 0.127 e. The lowest BCUT2D eigenvalue weighted by Gasteiger charge is -2.12. The molecule has 0 spiro atoms. The Balaban J connectivity index is 1.53. The first-order valence-corrected chi connectivity index (χ1v) is 7.82. The van der Waals surface area contributed by atoms with Gasteiger partial charge in [-0.05, 0) is 17.2 Å². The Bertz CT molecular complexity index is 708. The molecule has 3 aromatic rings. The zero-order valence-electron chi connectivity index (χ0n) is 13.0. The Kier molecular flexibility index (Phi) is 5.43. The van der Waals surface area contributed by atoms with E-state index >= 15 is 0 Å². The fourth-order valence-electron chi connectivity index (χ4n) is 2.42. The largest absolute Gasteiger partial charge is 0.491 e. The molecule has 0 N–H and O–H groups in total. The second-order valence-electron chi connectivity index (χ2n) is 5.25. The third kappa shape index (κ3) is 4.44. The van der Waals surface area contributed by atoms with Crippen LogP contribution >= 0.6 is 0 Å². The van der Waals surface area contributed by atoms with Gasteiger partial charge in [0.1, 0.15) is 12.4 Å². The van der Waals surface area contributed by atoms with Crippen molar-refractivity contribution in [3.8, 4) is 16.9 Å². The van der Waals surface area contributed by atoms with E-state index in [-0.39, 0.29) is 0 Å². The third-order valence-corrected chi connectivity index (χ3v) is 3.57. The molecule has 2 heteroatoms. The van der Waals surface area contributed by atoms with Crippen molar-refractivity contribution >= 4 is 0 Å². The van der Waals surface area contributed by atoms with Crippen LogP contribution in [0.25, 0.3) is 11.1 Å². The highest BCUT2D eigenvalue weighted by Gasteiger charge is 2.04. The normalized spacial score (nSPS) is 10.4. The van der Waals surface area contributed by atoms with Crippen molar-refractivity contribution in [2.75, 3.05) is 13.2 Å². The molecule has 0 aliphatic rings. The lowest BCUT2D eigenvalue weighted by Crippen LogP contribution is -2.07. The average molecular weight is 304 g/mol. The van der Waals surface area contributed by atoms with Crippen LogP contribution in [0.2, 0.25) is 0 Å². The van der Waals surface area contributed by atoms with Crippen LogP contribution < -0.4 is 4.74 Å². The summed E-state index contributed by atoms with van der Waals surface area (Å²) in [5.74, 6) is 0.891. The monoisotopic (exact) mass is 304 g/mol. The Labute approximate surface area is 137 Å². The highest BCUT2D eigenvalue weighted by atomic mass is 16.5. The number of benzene rings is 3. The van der Waals surface area contributed by atoms with E-state index in [4.69, 9.17) is 9.47 Å². The van der Waals surface area contributed by atoms with Crippen LogP contribution in [0.15, 0.2) is 84.9 Å². The van der Waals surface area contributed by atoms with Crippen LogP contribution in [-0.4, -0.2) is 13.2 Å². The van der Waals surface area contributed by atoms with Gasteiger partial charge in [-0.25, -0.2) is 0 Å². The van der Waals surface area contributed by atoms with Crippen LogP contribution in [0.3, 0.4) is 0 Å². The second-order valence-corrected chi connectivity index (χ2v) is 5.25. The van der Waals surface area contributed by atoms with Crippen LogP contribution in [0.1, 0.15) is 5.56 Å². The smallest absolute Gasteiger partial charge is 0.127 e. The van der Waals surface area contributed by atoms with Gasteiger partial charge in [-0.15, -0.1) is 0 Å². The molecule has 0 aliphatic carbocycles. The summed E-state index contributed by atoms with van der Waals surface area (Å²) in [5.41, 5.74) is 3.45. The molecule has 0 amide bonds. The number of para-hydroxylation sites is 1. The van der Waals surface area contributed by atoms with Crippen molar-refractivity contribution in [2.45, 2.75) is 6.61 Å². The Morgan fingerprint density at radius 2 is 1.26 bits per heavy atom. The van der Waals surface area contributed by atoms with Crippen molar-refractivity contribution in [2.24, 2.45) is 0 Å². The van der Waals surface area contributed by atoms with E-state index in [1.54, 1.807) is 0 Å². The topological polar surface area (TPSA) is 18.5 Å². The molecule has 23 heavy (non-hydrogen) atoms. The molecule has 0 fully saturated rings. The summed E-state index contributed by atoms with van der Waals surface area (Å²) in [7, 11) is 0. The Morgan fingerprint density at radius 3 is 2.04 bits per heavy atom. The first-order chi connectivity index (χ1) is 11.4. The number of rotatable bonds is 7. The van der Waals surface area contributed by atoms with Crippen molar-refractivity contribution in [3.05, 3.63) is 90.5 Å². The van der Waals surface area contributed by atoms with Gasteiger partial charge >= 0.3 is 0 Å². The molecule has 0 aromatic heterocycles. The SMILES string of the molecule is c1ccc(COCCOc2ccccc2-c2ccccc2)cc1. The minimum atomic E-state index is 0.538. The van der Waals surface area contributed by atoms with Crippen LogP contribution in [0, 0.1) is 0 Å². The molecular weight excluding hydrogens is 284 g/mol. The molecule has 0 atom stereocenters. The summed E-state index contributed by atoms with van der Waals surface area (Å²) in [6, 6.07) is 28.5. The van der Waals surface area contributed by atoms with Crippen LogP contribution in [0.4, 0.5) is 0 Å². The molecule has 2 nitrogen and oxygen atoms in total. The van der Waals surface area contributed by atoms with E-state index in [9.17, 15) is 0 Å². The van der Waals surface area contributed by atoms with Gasteiger partial charge in [-0.3, -0.25) is 0 Å². The minimum Gasteiger partial charge on any atom is -0.491 e. The summed E-state index contributed by atoms with van der Waals surface area (Å²) in [4.78, 5) is 0.